The summed E-state index contributed by atoms with van der Waals surface area (Å²) in [6.07, 6.45) is -1.17. The minimum absolute atomic E-state index is 0.0145. The molecule has 4 nitrogen and oxygen atoms in total. The standard InChI is InChI=1S/C20H13Cl6N3OS/c21-11-8-14(22)16(15(23)9-11)27-19(31)29-18(20(24,25)26)28-17(30)13-7-3-5-10-4-1-2-6-12(10)13/h1-9,18H,(H,28,30)(H2,27,29,31)/t18-/m0/s1. The Bertz CT molecular complexity index is 1120. The quantitative estimate of drug-likeness (QED) is 0.181. The van der Waals surface area contributed by atoms with Crippen LogP contribution in [0.25, 0.3) is 10.8 Å². The zero-order valence-electron chi connectivity index (χ0n) is 15.4. The van der Waals surface area contributed by atoms with Gasteiger partial charge in [-0.3, -0.25) is 4.79 Å². The summed E-state index contributed by atoms with van der Waals surface area (Å²) in [5, 5.41) is 10.8. The molecule has 162 valence electrons. The van der Waals surface area contributed by atoms with Gasteiger partial charge >= 0.3 is 0 Å². The molecule has 0 fully saturated rings. The smallest absolute Gasteiger partial charge is 0.253 e. The van der Waals surface area contributed by atoms with E-state index in [2.05, 4.69) is 16.0 Å². The molecule has 0 aromatic heterocycles. The number of anilines is 1. The Hall–Kier alpha value is -1.18. The third-order valence-electron chi connectivity index (χ3n) is 4.16. The number of hydrogen-bond acceptors (Lipinski definition) is 2. The lowest BCUT2D eigenvalue weighted by Gasteiger charge is -2.28. The van der Waals surface area contributed by atoms with Crippen molar-refractivity contribution in [2.45, 2.75) is 9.96 Å². The van der Waals surface area contributed by atoms with Crippen LogP contribution in [0.1, 0.15) is 10.4 Å². The summed E-state index contributed by atoms with van der Waals surface area (Å²) in [5.41, 5.74) is 0.732. The van der Waals surface area contributed by atoms with Gasteiger partial charge in [-0.1, -0.05) is 106 Å². The summed E-state index contributed by atoms with van der Waals surface area (Å²) in [7, 11) is 0. The predicted molar refractivity (Wildman–Crippen MR) is 136 cm³/mol. The number of fused-ring (bicyclic) bond motifs is 1. The number of rotatable bonds is 4. The Morgan fingerprint density at radius 1 is 0.903 bits per heavy atom. The van der Waals surface area contributed by atoms with Gasteiger partial charge in [-0.15, -0.1) is 0 Å². The van der Waals surface area contributed by atoms with Crippen LogP contribution in [0.15, 0.2) is 54.6 Å². The van der Waals surface area contributed by atoms with Gasteiger partial charge in [-0.2, -0.15) is 0 Å². The summed E-state index contributed by atoms with van der Waals surface area (Å²) in [6, 6.07) is 15.8. The molecule has 0 saturated heterocycles. The van der Waals surface area contributed by atoms with Crippen molar-refractivity contribution in [1.29, 1.82) is 0 Å². The third-order valence-corrected chi connectivity index (χ3v) is 5.85. The minimum Gasteiger partial charge on any atom is -0.339 e. The van der Waals surface area contributed by atoms with E-state index in [0.717, 1.165) is 10.8 Å². The van der Waals surface area contributed by atoms with Crippen molar-refractivity contribution in [3.63, 3.8) is 0 Å². The number of nitrogens with one attached hydrogen (secondary N) is 3. The maximum atomic E-state index is 13.0. The van der Waals surface area contributed by atoms with Crippen LogP contribution in [0.3, 0.4) is 0 Å². The Morgan fingerprint density at radius 3 is 2.16 bits per heavy atom. The van der Waals surface area contributed by atoms with Crippen LogP contribution in [0, 0.1) is 0 Å². The van der Waals surface area contributed by atoms with Crippen LogP contribution in [0.5, 0.6) is 0 Å². The molecule has 1 atom stereocenters. The molecule has 3 aromatic rings. The van der Waals surface area contributed by atoms with E-state index in [1.807, 2.05) is 30.3 Å². The summed E-state index contributed by atoms with van der Waals surface area (Å²) < 4.78 is -1.93. The Morgan fingerprint density at radius 2 is 1.52 bits per heavy atom. The molecule has 0 unspecified atom stereocenters. The first kappa shape index (κ1) is 24.5. The monoisotopic (exact) mass is 553 g/mol. The van der Waals surface area contributed by atoms with Gasteiger partial charge < -0.3 is 16.0 Å². The predicted octanol–water partition coefficient (Wildman–Crippen LogP) is 7.21. The molecule has 0 saturated carbocycles. The number of halogens is 6. The van der Waals surface area contributed by atoms with Crippen LogP contribution in [-0.2, 0) is 0 Å². The highest BCUT2D eigenvalue weighted by Gasteiger charge is 2.35. The van der Waals surface area contributed by atoms with Gasteiger partial charge in [0.1, 0.15) is 6.17 Å². The van der Waals surface area contributed by atoms with Gasteiger partial charge in [-0.25, -0.2) is 0 Å². The molecule has 3 rings (SSSR count). The van der Waals surface area contributed by atoms with Gasteiger partial charge in [0.25, 0.3) is 5.91 Å². The van der Waals surface area contributed by atoms with Gasteiger partial charge in [0.2, 0.25) is 3.79 Å². The van der Waals surface area contributed by atoms with Gasteiger partial charge in [0.05, 0.1) is 15.7 Å². The summed E-state index contributed by atoms with van der Waals surface area (Å²) in [5.74, 6) is -0.453. The zero-order valence-corrected chi connectivity index (χ0v) is 20.7. The highest BCUT2D eigenvalue weighted by molar-refractivity contribution is 7.80. The molecule has 3 aromatic carbocycles. The number of thiocarbonyl (C=S) groups is 1. The summed E-state index contributed by atoms with van der Waals surface area (Å²) >= 11 is 41.7. The van der Waals surface area contributed by atoms with Crippen LogP contribution < -0.4 is 16.0 Å². The second kappa shape index (κ2) is 10.2. The van der Waals surface area contributed by atoms with E-state index in [1.54, 1.807) is 12.1 Å². The largest absolute Gasteiger partial charge is 0.339 e. The first-order valence-corrected chi connectivity index (χ1v) is 11.3. The Kier molecular flexibility index (Phi) is 8.03. The highest BCUT2D eigenvalue weighted by atomic mass is 35.6. The number of amides is 1. The molecular weight excluding hydrogens is 543 g/mol. The lowest BCUT2D eigenvalue weighted by Crippen LogP contribution is -2.56. The lowest BCUT2D eigenvalue weighted by molar-refractivity contribution is 0.0936. The first-order chi connectivity index (χ1) is 14.6. The molecule has 0 radical (unpaired) electrons. The SMILES string of the molecule is O=C(N[C@@H](NC(=S)Nc1c(Cl)cc(Cl)cc1Cl)C(Cl)(Cl)Cl)c1cccc2ccccc12. The van der Waals surface area contributed by atoms with Crippen molar-refractivity contribution in [1.82, 2.24) is 10.6 Å². The van der Waals surface area contributed by atoms with Gasteiger partial charge in [0, 0.05) is 10.6 Å². The molecule has 31 heavy (non-hydrogen) atoms. The van der Waals surface area contributed by atoms with E-state index in [9.17, 15) is 4.79 Å². The normalized spacial score (nSPS) is 12.3. The molecule has 0 aliphatic carbocycles. The van der Waals surface area contributed by atoms with Crippen LogP contribution in [0.2, 0.25) is 15.1 Å². The van der Waals surface area contributed by atoms with Crippen LogP contribution >= 0.6 is 81.8 Å². The number of carbonyl (C=O) groups excluding carboxylic acids is 1. The Labute approximate surface area is 214 Å². The molecule has 11 heteroatoms. The highest BCUT2D eigenvalue weighted by Crippen LogP contribution is 2.34. The summed E-state index contributed by atoms with van der Waals surface area (Å²) in [4.78, 5) is 13.0. The lowest BCUT2D eigenvalue weighted by atomic mass is 10.0. The molecule has 0 aliphatic rings. The van der Waals surface area contributed by atoms with Crippen molar-refractivity contribution in [3.05, 3.63) is 75.2 Å². The molecular formula is C20H13Cl6N3OS. The molecule has 3 N–H and O–H groups in total. The molecule has 1 amide bonds. The molecule has 0 aliphatic heterocycles. The maximum absolute atomic E-state index is 13.0. The second-order valence-corrected chi connectivity index (χ2v) is 10.3. The number of benzene rings is 3. The minimum atomic E-state index is -1.93. The average Bonchev–Trinajstić information content (AvgIpc) is 2.69. The maximum Gasteiger partial charge on any atom is 0.253 e. The fourth-order valence-corrected chi connectivity index (χ4v) is 4.23. The number of carbonyl (C=O) groups is 1. The van der Waals surface area contributed by atoms with Crippen LogP contribution in [-0.4, -0.2) is 21.0 Å². The summed E-state index contributed by atoms with van der Waals surface area (Å²) in [6.45, 7) is 0. The molecule has 0 bridgehead atoms. The van der Waals surface area contributed by atoms with Crippen LogP contribution in [0.4, 0.5) is 5.69 Å². The molecule has 0 spiro atoms. The van der Waals surface area contributed by atoms with E-state index in [-0.39, 0.29) is 15.2 Å². The van der Waals surface area contributed by atoms with Crippen molar-refractivity contribution in [3.8, 4) is 0 Å². The third kappa shape index (κ3) is 6.20. The van der Waals surface area contributed by atoms with Crippen molar-refractivity contribution >= 4 is 109 Å². The fourth-order valence-electron chi connectivity index (χ4n) is 2.77. The topological polar surface area (TPSA) is 53.2 Å². The van der Waals surface area contributed by atoms with E-state index in [1.165, 1.54) is 12.1 Å². The van der Waals surface area contributed by atoms with E-state index in [0.29, 0.717) is 16.3 Å². The van der Waals surface area contributed by atoms with E-state index >= 15 is 0 Å². The second-order valence-electron chi connectivity index (χ2n) is 6.32. The van der Waals surface area contributed by atoms with Gasteiger partial charge in [-0.05, 0) is 41.2 Å². The van der Waals surface area contributed by atoms with Crippen molar-refractivity contribution < 1.29 is 4.79 Å². The van der Waals surface area contributed by atoms with Gasteiger partial charge in [0.15, 0.2) is 5.11 Å². The Balaban J connectivity index is 1.80. The van der Waals surface area contributed by atoms with Crippen molar-refractivity contribution in [2.75, 3.05) is 5.32 Å². The van der Waals surface area contributed by atoms with E-state index in [4.69, 9.17) is 81.8 Å². The number of alkyl halides is 3. The van der Waals surface area contributed by atoms with E-state index < -0.39 is 15.9 Å². The average molecular weight is 556 g/mol. The number of hydrogen-bond donors (Lipinski definition) is 3. The van der Waals surface area contributed by atoms with Crippen molar-refractivity contribution in [2.24, 2.45) is 0 Å². The first-order valence-electron chi connectivity index (χ1n) is 8.63. The molecule has 0 heterocycles. The zero-order chi connectivity index (χ0) is 22.8. The fraction of sp³-hybridized carbons (Fsp3) is 0.100.